The van der Waals surface area contributed by atoms with Gasteiger partial charge in [0.25, 0.3) is 5.91 Å². The van der Waals surface area contributed by atoms with Crippen molar-refractivity contribution < 1.29 is 9.18 Å². The van der Waals surface area contributed by atoms with Crippen LogP contribution in [0.25, 0.3) is 10.8 Å². The number of nitrogens with two attached hydrogens (primary N) is 1. The van der Waals surface area contributed by atoms with Crippen LogP contribution in [0.5, 0.6) is 0 Å². The number of hydrogen-bond acceptors (Lipinski definition) is 3. The Balaban J connectivity index is 1.24. The van der Waals surface area contributed by atoms with Crippen LogP contribution in [0.3, 0.4) is 0 Å². The number of anilines is 1. The highest BCUT2D eigenvalue weighted by Gasteiger charge is 2.53. The fourth-order valence-electron chi connectivity index (χ4n) is 6.23. The summed E-state index contributed by atoms with van der Waals surface area (Å²) in [5.41, 5.74) is 7.74. The van der Waals surface area contributed by atoms with Gasteiger partial charge in [0, 0.05) is 37.2 Å². The molecule has 0 spiro atoms. The molecule has 1 amide bonds. The first kappa shape index (κ1) is 19.9. The van der Waals surface area contributed by atoms with Crippen LogP contribution in [0, 0.1) is 0 Å². The van der Waals surface area contributed by atoms with Crippen molar-refractivity contribution in [3.63, 3.8) is 0 Å². The lowest BCUT2D eigenvalue weighted by Gasteiger charge is -2.40. The van der Waals surface area contributed by atoms with Gasteiger partial charge in [0.2, 0.25) is 5.67 Å². The Hall–Kier alpha value is -2.76. The van der Waals surface area contributed by atoms with E-state index in [1.165, 1.54) is 21.9 Å². The zero-order valence-electron chi connectivity index (χ0n) is 18.1. The van der Waals surface area contributed by atoms with Gasteiger partial charge in [-0.3, -0.25) is 9.69 Å². The van der Waals surface area contributed by atoms with Crippen molar-refractivity contribution >= 4 is 22.4 Å². The van der Waals surface area contributed by atoms with Crippen LogP contribution < -0.4 is 10.6 Å². The predicted molar refractivity (Wildman–Crippen MR) is 125 cm³/mol. The summed E-state index contributed by atoms with van der Waals surface area (Å²) in [4.78, 5) is 17.6. The Labute approximate surface area is 187 Å². The van der Waals surface area contributed by atoms with Crippen LogP contribution in [0.2, 0.25) is 0 Å². The van der Waals surface area contributed by atoms with Gasteiger partial charge in [0.05, 0.1) is 5.69 Å². The zero-order valence-corrected chi connectivity index (χ0v) is 18.1. The smallest absolute Gasteiger partial charge is 0.269 e. The minimum Gasteiger partial charge on any atom is -0.330 e. The average molecular weight is 430 g/mol. The van der Waals surface area contributed by atoms with E-state index >= 15 is 4.39 Å². The lowest BCUT2D eigenvalue weighted by Crippen LogP contribution is -2.49. The standard InChI is InChI=1S/C27H28FN3O/c28-27(13-14-29)22-9-1-2-10-23(22)31(26(27)32)20-11-15-30(16-12-20)24-17-19-7-3-5-18-6-4-8-21(24)25(18)19/h1-10,20,24H,11-17,29H2. The average Bonchev–Trinajstić information content (AvgIpc) is 3.30. The molecule has 3 aromatic rings. The number of likely N-dealkylation sites (tertiary alicyclic amines) is 1. The number of benzene rings is 3. The maximum atomic E-state index is 15.8. The first-order valence-corrected chi connectivity index (χ1v) is 11.7. The summed E-state index contributed by atoms with van der Waals surface area (Å²) in [5, 5.41) is 2.73. The van der Waals surface area contributed by atoms with Crippen LogP contribution in [-0.4, -0.2) is 36.5 Å². The second kappa shape index (κ2) is 7.39. The van der Waals surface area contributed by atoms with Gasteiger partial charge in [-0.25, -0.2) is 4.39 Å². The van der Waals surface area contributed by atoms with E-state index in [-0.39, 0.29) is 19.0 Å². The second-order valence-corrected chi connectivity index (χ2v) is 9.38. The van der Waals surface area contributed by atoms with Crippen LogP contribution >= 0.6 is 0 Å². The van der Waals surface area contributed by atoms with E-state index in [0.717, 1.165) is 38.0 Å². The fourth-order valence-corrected chi connectivity index (χ4v) is 6.23. The molecular formula is C27H28FN3O. The third kappa shape index (κ3) is 2.77. The second-order valence-electron chi connectivity index (χ2n) is 9.38. The van der Waals surface area contributed by atoms with Crippen molar-refractivity contribution in [2.24, 2.45) is 5.73 Å². The van der Waals surface area contributed by atoms with Crippen molar-refractivity contribution in [3.8, 4) is 0 Å². The summed E-state index contributed by atoms with van der Waals surface area (Å²) in [6, 6.07) is 20.9. The van der Waals surface area contributed by atoms with E-state index in [2.05, 4.69) is 41.3 Å². The van der Waals surface area contributed by atoms with Crippen LogP contribution in [0.1, 0.15) is 42.0 Å². The van der Waals surface area contributed by atoms with E-state index in [1.807, 2.05) is 12.1 Å². The number of halogens is 1. The van der Waals surface area contributed by atoms with Gasteiger partial charge in [-0.2, -0.15) is 0 Å². The number of hydrogen-bond donors (Lipinski definition) is 1. The molecule has 2 atom stereocenters. The SMILES string of the molecule is NCCC1(F)C(=O)N(C2CCN(C3Cc4cccc5cccc3c45)CC2)c2ccccc21. The lowest BCUT2D eigenvalue weighted by atomic mass is 9.94. The summed E-state index contributed by atoms with van der Waals surface area (Å²) < 4.78 is 15.8. The highest BCUT2D eigenvalue weighted by atomic mass is 19.1. The molecule has 3 aromatic carbocycles. The number of amides is 1. The van der Waals surface area contributed by atoms with Crippen LogP contribution in [0.4, 0.5) is 10.1 Å². The minimum absolute atomic E-state index is 0.0230. The molecule has 2 aliphatic heterocycles. The molecule has 3 aliphatic rings. The van der Waals surface area contributed by atoms with Gasteiger partial charge in [0.1, 0.15) is 0 Å². The van der Waals surface area contributed by atoms with Crippen LogP contribution in [-0.2, 0) is 16.9 Å². The van der Waals surface area contributed by atoms with Crippen LogP contribution in [0.15, 0.2) is 60.7 Å². The summed E-state index contributed by atoms with van der Waals surface area (Å²) in [6.45, 7) is 1.96. The lowest BCUT2D eigenvalue weighted by molar-refractivity contribution is -0.130. The fraction of sp³-hybridized carbons (Fsp3) is 0.370. The molecule has 2 unspecified atom stereocenters. The van der Waals surface area contributed by atoms with E-state index in [1.54, 1.807) is 17.0 Å². The topological polar surface area (TPSA) is 49.6 Å². The van der Waals surface area contributed by atoms with Crippen molar-refractivity contribution in [1.82, 2.24) is 4.90 Å². The third-order valence-electron chi connectivity index (χ3n) is 7.74. The maximum absolute atomic E-state index is 15.8. The van der Waals surface area contributed by atoms with E-state index < -0.39 is 11.6 Å². The van der Waals surface area contributed by atoms with Gasteiger partial charge in [-0.15, -0.1) is 0 Å². The molecule has 4 nitrogen and oxygen atoms in total. The molecule has 1 aliphatic carbocycles. The molecule has 0 aromatic heterocycles. The number of fused-ring (bicyclic) bond motifs is 1. The highest BCUT2D eigenvalue weighted by molar-refractivity contribution is 6.07. The Morgan fingerprint density at radius 2 is 1.75 bits per heavy atom. The molecule has 0 saturated carbocycles. The third-order valence-corrected chi connectivity index (χ3v) is 7.74. The van der Waals surface area contributed by atoms with Crippen molar-refractivity contribution in [2.45, 2.75) is 43.4 Å². The first-order chi connectivity index (χ1) is 15.6. The molecule has 164 valence electrons. The van der Waals surface area contributed by atoms with Crippen molar-refractivity contribution in [2.75, 3.05) is 24.5 Å². The Kier molecular flexibility index (Phi) is 4.60. The molecule has 2 heterocycles. The molecule has 6 rings (SSSR count). The summed E-state index contributed by atoms with van der Waals surface area (Å²) in [6.07, 6.45) is 2.77. The maximum Gasteiger partial charge on any atom is 0.269 e. The van der Waals surface area contributed by atoms with Crippen molar-refractivity contribution in [3.05, 3.63) is 77.4 Å². The molecule has 2 N–H and O–H groups in total. The molecule has 1 saturated heterocycles. The molecule has 0 radical (unpaired) electrons. The van der Waals surface area contributed by atoms with E-state index in [9.17, 15) is 4.79 Å². The van der Waals surface area contributed by atoms with Crippen molar-refractivity contribution in [1.29, 1.82) is 0 Å². The molecular weight excluding hydrogens is 401 g/mol. The summed E-state index contributed by atoms with van der Waals surface area (Å²) in [7, 11) is 0. The molecule has 1 fully saturated rings. The van der Waals surface area contributed by atoms with Gasteiger partial charge < -0.3 is 10.6 Å². The van der Waals surface area contributed by atoms with Gasteiger partial charge in [0.15, 0.2) is 0 Å². The number of carbonyl (C=O) groups is 1. The zero-order chi connectivity index (χ0) is 21.9. The largest absolute Gasteiger partial charge is 0.330 e. The number of rotatable bonds is 4. The number of nitrogens with zero attached hydrogens (tertiary/aromatic N) is 2. The first-order valence-electron chi connectivity index (χ1n) is 11.7. The molecule has 0 bridgehead atoms. The normalized spacial score (nSPS) is 25.6. The number of alkyl halides is 1. The molecule has 5 heteroatoms. The van der Waals surface area contributed by atoms with E-state index in [0.29, 0.717) is 11.6 Å². The quantitative estimate of drug-likeness (QED) is 0.666. The van der Waals surface area contributed by atoms with E-state index in [4.69, 9.17) is 5.73 Å². The predicted octanol–water partition coefficient (Wildman–Crippen LogP) is 4.46. The Morgan fingerprint density at radius 1 is 1.00 bits per heavy atom. The molecule has 32 heavy (non-hydrogen) atoms. The monoisotopic (exact) mass is 429 g/mol. The number of para-hydroxylation sites is 1. The van der Waals surface area contributed by atoms with Gasteiger partial charge in [-0.05, 0) is 53.8 Å². The highest BCUT2D eigenvalue weighted by Crippen LogP contribution is 2.47. The Morgan fingerprint density at radius 3 is 2.53 bits per heavy atom. The number of carbonyl (C=O) groups excluding carboxylic acids is 1. The van der Waals surface area contributed by atoms with Gasteiger partial charge in [-0.1, -0.05) is 54.6 Å². The minimum atomic E-state index is -1.99. The summed E-state index contributed by atoms with van der Waals surface area (Å²) in [5.74, 6) is -0.430. The van der Waals surface area contributed by atoms with Gasteiger partial charge >= 0.3 is 0 Å². The number of piperidine rings is 1. The summed E-state index contributed by atoms with van der Waals surface area (Å²) >= 11 is 0. The Bertz CT molecular complexity index is 1200.